The molecule has 0 fully saturated rings. The molecular formula is C8H13BrNP. The predicted molar refractivity (Wildman–Crippen MR) is 57.6 cm³/mol. The standard InChI is InChI=1S/C7H7Br.CH6NP/c1-6-4-2-3-5-7(6)8;1-2-3/h2-5H,1H3;2H,3H2,1H3. The van der Waals surface area contributed by atoms with Gasteiger partial charge in [-0.25, -0.2) is 0 Å². The number of hydrogen-bond donors (Lipinski definition) is 1. The van der Waals surface area contributed by atoms with Gasteiger partial charge >= 0.3 is 0 Å². The summed E-state index contributed by atoms with van der Waals surface area (Å²) >= 11 is 3.40. The predicted octanol–water partition coefficient (Wildman–Crippen LogP) is 2.75. The Balaban J connectivity index is 0.000000292. The first-order valence-electron chi connectivity index (χ1n) is 3.31. The van der Waals surface area contributed by atoms with E-state index in [1.807, 2.05) is 25.2 Å². The van der Waals surface area contributed by atoms with Crippen LogP contribution >= 0.6 is 25.3 Å². The number of benzene rings is 1. The minimum atomic E-state index is 1.18. The molecule has 0 aromatic heterocycles. The van der Waals surface area contributed by atoms with Gasteiger partial charge in [0.1, 0.15) is 0 Å². The molecule has 0 saturated heterocycles. The van der Waals surface area contributed by atoms with Crippen LogP contribution in [0.4, 0.5) is 0 Å². The Kier molecular flexibility index (Phi) is 6.83. The molecule has 1 atom stereocenters. The Hall–Kier alpha value is 0.0900. The minimum Gasteiger partial charge on any atom is -0.304 e. The van der Waals surface area contributed by atoms with Gasteiger partial charge in [-0.2, -0.15) is 0 Å². The summed E-state index contributed by atoms with van der Waals surface area (Å²) in [5.41, 5.74) is 1.28. The highest BCUT2D eigenvalue weighted by Gasteiger charge is 1.86. The molecule has 1 aromatic rings. The van der Waals surface area contributed by atoms with Gasteiger partial charge in [0.15, 0.2) is 0 Å². The highest BCUT2D eigenvalue weighted by Crippen LogP contribution is 2.13. The molecule has 1 nitrogen and oxygen atoms in total. The molecule has 1 N–H and O–H groups in total. The summed E-state index contributed by atoms with van der Waals surface area (Å²) in [4.78, 5) is 0. The topological polar surface area (TPSA) is 12.0 Å². The van der Waals surface area contributed by atoms with E-state index in [1.54, 1.807) is 0 Å². The molecule has 1 aromatic carbocycles. The van der Waals surface area contributed by atoms with E-state index in [-0.39, 0.29) is 0 Å². The molecule has 0 saturated carbocycles. The van der Waals surface area contributed by atoms with Crippen molar-refractivity contribution in [1.82, 2.24) is 5.09 Å². The fourth-order valence-electron chi connectivity index (χ4n) is 0.551. The van der Waals surface area contributed by atoms with Crippen LogP contribution in [0.25, 0.3) is 0 Å². The maximum Gasteiger partial charge on any atom is 0.0204 e. The fourth-order valence-corrected chi connectivity index (χ4v) is 0.836. The highest BCUT2D eigenvalue weighted by atomic mass is 79.9. The normalized spacial score (nSPS) is 8.36. The first-order chi connectivity index (χ1) is 5.22. The second-order valence-corrected chi connectivity index (χ2v) is 3.47. The lowest BCUT2D eigenvalue weighted by atomic mass is 10.2. The number of halogens is 1. The lowest BCUT2D eigenvalue weighted by molar-refractivity contribution is 1.30. The Morgan fingerprint density at radius 2 is 1.82 bits per heavy atom. The molecule has 1 rings (SSSR count). The Morgan fingerprint density at radius 3 is 2.09 bits per heavy atom. The molecule has 0 spiro atoms. The van der Waals surface area contributed by atoms with Crippen LogP contribution in [-0.2, 0) is 0 Å². The average Bonchev–Trinajstić information content (AvgIpc) is 1.97. The maximum atomic E-state index is 3.40. The van der Waals surface area contributed by atoms with Gasteiger partial charge in [-0.05, 0) is 25.6 Å². The zero-order chi connectivity index (χ0) is 8.69. The molecule has 0 heterocycles. The summed E-state index contributed by atoms with van der Waals surface area (Å²) in [5, 5.41) is 2.67. The number of rotatable bonds is 0. The first kappa shape index (κ1) is 11.1. The summed E-state index contributed by atoms with van der Waals surface area (Å²) in [7, 11) is 4.17. The lowest BCUT2D eigenvalue weighted by Crippen LogP contribution is -1.74. The molecule has 0 radical (unpaired) electrons. The monoisotopic (exact) mass is 233 g/mol. The third kappa shape index (κ3) is 5.37. The summed E-state index contributed by atoms with van der Waals surface area (Å²) in [5.74, 6) is 0. The molecule has 1 unspecified atom stereocenters. The zero-order valence-electron chi connectivity index (χ0n) is 6.76. The van der Waals surface area contributed by atoms with E-state index in [0.29, 0.717) is 0 Å². The number of hydrogen-bond acceptors (Lipinski definition) is 1. The fraction of sp³-hybridized carbons (Fsp3) is 0.250. The molecule has 0 amide bonds. The van der Waals surface area contributed by atoms with Gasteiger partial charge in [0, 0.05) is 4.47 Å². The van der Waals surface area contributed by atoms with E-state index in [1.165, 1.54) is 10.0 Å². The highest BCUT2D eigenvalue weighted by molar-refractivity contribution is 9.10. The van der Waals surface area contributed by atoms with Crippen LogP contribution in [0.3, 0.4) is 0 Å². The first-order valence-corrected chi connectivity index (χ1v) is 4.68. The molecule has 0 aliphatic heterocycles. The molecule has 0 aliphatic carbocycles. The van der Waals surface area contributed by atoms with Crippen LogP contribution in [0.15, 0.2) is 28.7 Å². The van der Waals surface area contributed by atoms with Crippen molar-refractivity contribution in [1.29, 1.82) is 0 Å². The number of aryl methyl sites for hydroxylation is 1. The third-order valence-corrected chi connectivity index (χ3v) is 1.97. The van der Waals surface area contributed by atoms with Gasteiger partial charge in [-0.3, -0.25) is 0 Å². The summed E-state index contributed by atoms with van der Waals surface area (Å²) < 4.78 is 1.18. The van der Waals surface area contributed by atoms with Gasteiger partial charge in [-0.1, -0.05) is 43.5 Å². The van der Waals surface area contributed by atoms with E-state index >= 15 is 0 Å². The summed E-state index contributed by atoms with van der Waals surface area (Å²) in [6, 6.07) is 8.15. The quantitative estimate of drug-likeness (QED) is 0.680. The van der Waals surface area contributed by atoms with Crippen molar-refractivity contribution in [2.75, 3.05) is 7.05 Å². The second-order valence-electron chi connectivity index (χ2n) is 2.04. The van der Waals surface area contributed by atoms with Crippen LogP contribution in [0, 0.1) is 6.92 Å². The van der Waals surface area contributed by atoms with Crippen molar-refractivity contribution in [2.24, 2.45) is 0 Å². The van der Waals surface area contributed by atoms with Crippen LogP contribution in [0.1, 0.15) is 5.56 Å². The van der Waals surface area contributed by atoms with Crippen molar-refractivity contribution in [2.45, 2.75) is 6.92 Å². The lowest BCUT2D eigenvalue weighted by Gasteiger charge is -1.91. The van der Waals surface area contributed by atoms with Crippen LogP contribution in [-0.4, -0.2) is 7.05 Å². The van der Waals surface area contributed by atoms with E-state index in [4.69, 9.17) is 0 Å². The van der Waals surface area contributed by atoms with Gasteiger partial charge in [0.25, 0.3) is 0 Å². The van der Waals surface area contributed by atoms with Crippen molar-refractivity contribution < 1.29 is 0 Å². The van der Waals surface area contributed by atoms with Crippen molar-refractivity contribution in [3.05, 3.63) is 34.3 Å². The Bertz CT molecular complexity index is 182. The third-order valence-electron chi connectivity index (χ3n) is 1.08. The second kappa shape index (κ2) is 6.78. The summed E-state index contributed by atoms with van der Waals surface area (Å²) in [6.07, 6.45) is 0. The maximum absolute atomic E-state index is 3.40. The van der Waals surface area contributed by atoms with E-state index < -0.39 is 0 Å². The van der Waals surface area contributed by atoms with Crippen molar-refractivity contribution >= 4 is 25.3 Å². The van der Waals surface area contributed by atoms with Crippen LogP contribution < -0.4 is 5.09 Å². The molecule has 11 heavy (non-hydrogen) atoms. The van der Waals surface area contributed by atoms with Crippen molar-refractivity contribution in [3.8, 4) is 0 Å². The van der Waals surface area contributed by atoms with Crippen LogP contribution in [0.2, 0.25) is 0 Å². The van der Waals surface area contributed by atoms with Gasteiger partial charge in [-0.15, -0.1) is 0 Å². The van der Waals surface area contributed by atoms with Crippen LogP contribution in [0.5, 0.6) is 0 Å². The SMILES string of the molecule is CNP.Cc1ccccc1Br. The smallest absolute Gasteiger partial charge is 0.0204 e. The Morgan fingerprint density at radius 1 is 1.36 bits per heavy atom. The zero-order valence-corrected chi connectivity index (χ0v) is 9.51. The van der Waals surface area contributed by atoms with Crippen molar-refractivity contribution in [3.63, 3.8) is 0 Å². The molecule has 3 heteroatoms. The van der Waals surface area contributed by atoms with Gasteiger partial charge < -0.3 is 5.09 Å². The number of nitrogens with one attached hydrogen (secondary N) is 1. The van der Waals surface area contributed by atoms with E-state index in [0.717, 1.165) is 0 Å². The molecule has 0 bridgehead atoms. The van der Waals surface area contributed by atoms with Gasteiger partial charge in [0.2, 0.25) is 0 Å². The average molecular weight is 234 g/mol. The van der Waals surface area contributed by atoms with Gasteiger partial charge in [0.05, 0.1) is 0 Å². The van der Waals surface area contributed by atoms with E-state index in [2.05, 4.69) is 43.4 Å². The largest absolute Gasteiger partial charge is 0.304 e. The van der Waals surface area contributed by atoms with E-state index in [9.17, 15) is 0 Å². The Labute approximate surface area is 79.0 Å². The molecule has 0 aliphatic rings. The molecule has 62 valence electrons. The minimum absolute atomic E-state index is 1.18. The summed E-state index contributed by atoms with van der Waals surface area (Å²) in [6.45, 7) is 2.07. The molecular weight excluding hydrogens is 221 g/mol.